The third-order valence-electron chi connectivity index (χ3n) is 2.64. The highest BCUT2D eigenvalue weighted by Gasteiger charge is 2.11. The molecule has 0 aliphatic carbocycles. The lowest BCUT2D eigenvalue weighted by molar-refractivity contribution is -0.126. The lowest BCUT2D eigenvalue weighted by Crippen LogP contribution is -2.31. The molecule has 1 atom stereocenters. The van der Waals surface area contributed by atoms with Gasteiger partial charge in [0.25, 0.3) is 0 Å². The zero-order chi connectivity index (χ0) is 15.0. The van der Waals surface area contributed by atoms with Gasteiger partial charge in [-0.2, -0.15) is 0 Å². The Bertz CT molecular complexity index is 420. The van der Waals surface area contributed by atoms with Crippen molar-refractivity contribution in [1.29, 1.82) is 0 Å². The summed E-state index contributed by atoms with van der Waals surface area (Å²) in [6.45, 7) is 2.71. The monoisotopic (exact) mass is 319 g/mol. The maximum absolute atomic E-state index is 11.5. The van der Waals surface area contributed by atoms with E-state index in [1.807, 2.05) is 0 Å². The minimum absolute atomic E-state index is 0.00300. The molecule has 2 N–H and O–H groups in total. The van der Waals surface area contributed by atoms with Crippen molar-refractivity contribution in [3.63, 3.8) is 0 Å². The Morgan fingerprint density at radius 1 is 1.35 bits per heavy atom. The zero-order valence-corrected chi connectivity index (χ0v) is 12.9. The number of halogens is 2. The summed E-state index contributed by atoms with van der Waals surface area (Å²) in [5.74, 6) is -0.256. The summed E-state index contributed by atoms with van der Waals surface area (Å²) in [4.78, 5) is 11.5. The molecule has 0 aliphatic rings. The van der Waals surface area contributed by atoms with Gasteiger partial charge in [0.1, 0.15) is 6.61 Å². The van der Waals surface area contributed by atoms with E-state index in [9.17, 15) is 9.90 Å². The van der Waals surface area contributed by atoms with Crippen LogP contribution in [0.25, 0.3) is 0 Å². The van der Waals surface area contributed by atoms with Crippen molar-refractivity contribution in [2.75, 3.05) is 19.8 Å². The third-order valence-corrected chi connectivity index (χ3v) is 3.07. The Morgan fingerprint density at radius 2 is 2.00 bits per heavy atom. The lowest BCUT2D eigenvalue weighted by Gasteiger charge is -2.13. The van der Waals surface area contributed by atoms with Gasteiger partial charge in [0.05, 0.1) is 6.10 Å². The van der Waals surface area contributed by atoms with Crippen LogP contribution in [-0.2, 0) is 9.53 Å². The normalized spacial score (nSPS) is 12.2. The van der Waals surface area contributed by atoms with Gasteiger partial charge in [-0.15, -0.1) is 0 Å². The molecule has 1 aromatic rings. The van der Waals surface area contributed by atoms with Gasteiger partial charge in [0.2, 0.25) is 5.91 Å². The molecule has 20 heavy (non-hydrogen) atoms. The first kappa shape index (κ1) is 17.2. The van der Waals surface area contributed by atoms with Crippen molar-refractivity contribution in [3.05, 3.63) is 33.8 Å². The van der Waals surface area contributed by atoms with E-state index in [1.54, 1.807) is 18.2 Å². The van der Waals surface area contributed by atoms with Crippen LogP contribution in [-0.4, -0.2) is 30.8 Å². The highest BCUT2D eigenvalue weighted by atomic mass is 35.5. The van der Waals surface area contributed by atoms with E-state index < -0.39 is 6.10 Å². The molecule has 0 radical (unpaired) electrons. The number of carbonyl (C=O) groups is 1. The van der Waals surface area contributed by atoms with Crippen molar-refractivity contribution < 1.29 is 14.6 Å². The second kappa shape index (κ2) is 9.19. The van der Waals surface area contributed by atoms with Crippen LogP contribution in [0.15, 0.2) is 18.2 Å². The summed E-state index contributed by atoms with van der Waals surface area (Å²) >= 11 is 11.7. The molecule has 0 aromatic heterocycles. The minimum Gasteiger partial charge on any atom is -0.387 e. The SMILES string of the molecule is CCCCOCC(=O)NCC(O)c1cc(Cl)cc(Cl)c1. The molecule has 0 bridgehead atoms. The van der Waals surface area contributed by atoms with Gasteiger partial charge in [-0.05, 0) is 30.2 Å². The van der Waals surface area contributed by atoms with Crippen molar-refractivity contribution in [3.8, 4) is 0 Å². The number of unbranched alkanes of at least 4 members (excludes halogenated alkanes) is 1. The summed E-state index contributed by atoms with van der Waals surface area (Å²) in [5, 5.41) is 13.4. The summed E-state index contributed by atoms with van der Waals surface area (Å²) in [6, 6.07) is 4.81. The van der Waals surface area contributed by atoms with Gasteiger partial charge in [-0.3, -0.25) is 4.79 Å². The third kappa shape index (κ3) is 6.57. The number of amides is 1. The van der Waals surface area contributed by atoms with Crippen LogP contribution in [0, 0.1) is 0 Å². The number of nitrogens with one attached hydrogen (secondary N) is 1. The first-order chi connectivity index (χ1) is 9.52. The van der Waals surface area contributed by atoms with Crippen molar-refractivity contribution in [2.45, 2.75) is 25.9 Å². The Morgan fingerprint density at radius 3 is 2.60 bits per heavy atom. The molecule has 112 valence electrons. The average molecular weight is 320 g/mol. The summed E-state index contributed by atoms with van der Waals surface area (Å²) in [6.07, 6.45) is 1.10. The second-order valence-corrected chi connectivity index (χ2v) is 5.30. The van der Waals surface area contributed by atoms with Gasteiger partial charge in [-0.1, -0.05) is 36.5 Å². The van der Waals surface area contributed by atoms with Gasteiger partial charge in [-0.25, -0.2) is 0 Å². The fourth-order valence-corrected chi connectivity index (χ4v) is 2.10. The van der Waals surface area contributed by atoms with Crippen LogP contribution >= 0.6 is 23.2 Å². The maximum Gasteiger partial charge on any atom is 0.246 e. The standard InChI is InChI=1S/C14H19Cl2NO3/c1-2-3-4-20-9-14(19)17-8-13(18)10-5-11(15)7-12(16)6-10/h5-7,13,18H,2-4,8-9H2,1H3,(H,17,19). The first-order valence-corrected chi connectivity index (χ1v) is 7.27. The number of rotatable bonds is 8. The minimum atomic E-state index is -0.856. The number of aliphatic hydroxyl groups excluding tert-OH is 1. The predicted octanol–water partition coefficient (Wildman–Crippen LogP) is 2.96. The van der Waals surface area contributed by atoms with Crippen molar-refractivity contribution in [1.82, 2.24) is 5.32 Å². The van der Waals surface area contributed by atoms with E-state index in [-0.39, 0.29) is 19.1 Å². The maximum atomic E-state index is 11.5. The number of hydrogen-bond acceptors (Lipinski definition) is 3. The van der Waals surface area contributed by atoms with Crippen LogP contribution in [0.3, 0.4) is 0 Å². The van der Waals surface area contributed by atoms with Crippen LogP contribution in [0.2, 0.25) is 10.0 Å². The highest BCUT2D eigenvalue weighted by molar-refractivity contribution is 6.34. The predicted molar refractivity (Wildman–Crippen MR) is 80.2 cm³/mol. The molecule has 1 unspecified atom stereocenters. The number of carbonyl (C=O) groups excluding carboxylic acids is 1. The summed E-state index contributed by atoms with van der Waals surface area (Å²) < 4.78 is 5.18. The van der Waals surface area contributed by atoms with Gasteiger partial charge in [0, 0.05) is 23.2 Å². The van der Waals surface area contributed by atoms with Crippen molar-refractivity contribution >= 4 is 29.1 Å². The highest BCUT2D eigenvalue weighted by Crippen LogP contribution is 2.23. The van der Waals surface area contributed by atoms with E-state index in [2.05, 4.69) is 12.2 Å². The second-order valence-electron chi connectivity index (χ2n) is 4.43. The first-order valence-electron chi connectivity index (χ1n) is 6.51. The zero-order valence-electron chi connectivity index (χ0n) is 11.4. The summed E-state index contributed by atoms with van der Waals surface area (Å²) in [7, 11) is 0. The van der Waals surface area contributed by atoms with Gasteiger partial charge in [0.15, 0.2) is 0 Å². The van der Waals surface area contributed by atoms with Crippen LogP contribution in [0.5, 0.6) is 0 Å². The Hall–Kier alpha value is -0.810. The fraction of sp³-hybridized carbons (Fsp3) is 0.500. The molecule has 1 amide bonds. The molecule has 4 nitrogen and oxygen atoms in total. The molecular formula is C14H19Cl2NO3. The summed E-state index contributed by atoms with van der Waals surface area (Å²) in [5.41, 5.74) is 0.565. The van der Waals surface area contributed by atoms with Crippen molar-refractivity contribution in [2.24, 2.45) is 0 Å². The van der Waals surface area contributed by atoms with E-state index in [1.165, 1.54) is 0 Å². The van der Waals surface area contributed by atoms with Gasteiger partial charge < -0.3 is 15.2 Å². The molecule has 0 saturated heterocycles. The Labute approximate surface area is 129 Å². The molecule has 0 fully saturated rings. The quantitative estimate of drug-likeness (QED) is 0.724. The molecule has 6 heteroatoms. The molecule has 1 rings (SSSR count). The molecule has 0 spiro atoms. The number of ether oxygens (including phenoxy) is 1. The average Bonchev–Trinajstić information content (AvgIpc) is 2.40. The molecule has 0 heterocycles. The smallest absolute Gasteiger partial charge is 0.246 e. The van der Waals surface area contributed by atoms with Crippen LogP contribution < -0.4 is 5.32 Å². The van der Waals surface area contributed by atoms with Gasteiger partial charge >= 0.3 is 0 Å². The largest absolute Gasteiger partial charge is 0.387 e. The lowest BCUT2D eigenvalue weighted by atomic mass is 10.1. The Balaban J connectivity index is 2.35. The molecule has 0 aliphatic heterocycles. The van der Waals surface area contributed by atoms with E-state index >= 15 is 0 Å². The molecular weight excluding hydrogens is 301 g/mol. The van der Waals surface area contributed by atoms with Crippen LogP contribution in [0.1, 0.15) is 31.4 Å². The Kier molecular flexibility index (Phi) is 7.92. The van der Waals surface area contributed by atoms with E-state index in [4.69, 9.17) is 27.9 Å². The van der Waals surface area contributed by atoms with E-state index in [0.717, 1.165) is 12.8 Å². The molecule has 0 saturated carbocycles. The number of hydrogen-bond donors (Lipinski definition) is 2. The fourth-order valence-electron chi connectivity index (χ4n) is 1.56. The topological polar surface area (TPSA) is 58.6 Å². The number of aliphatic hydroxyl groups is 1. The molecule has 1 aromatic carbocycles. The van der Waals surface area contributed by atoms with E-state index in [0.29, 0.717) is 22.2 Å². The van der Waals surface area contributed by atoms with Crippen LogP contribution in [0.4, 0.5) is 0 Å². The number of benzene rings is 1.